The van der Waals surface area contributed by atoms with Crippen molar-refractivity contribution < 1.29 is 4.79 Å². The highest BCUT2D eigenvalue weighted by Gasteiger charge is 2.16. The van der Waals surface area contributed by atoms with Crippen molar-refractivity contribution >= 4 is 38.9 Å². The van der Waals surface area contributed by atoms with Crippen LogP contribution in [0.4, 0.5) is 0 Å². The fraction of sp³-hybridized carbons (Fsp3) is 0.143. The van der Waals surface area contributed by atoms with Gasteiger partial charge in [0.1, 0.15) is 5.69 Å². The summed E-state index contributed by atoms with van der Waals surface area (Å²) in [7, 11) is 0. The van der Waals surface area contributed by atoms with Crippen LogP contribution in [0.15, 0.2) is 67.1 Å². The number of nitrogens with zero attached hydrogens (tertiary/aromatic N) is 3. The monoisotopic (exact) mass is 492 g/mol. The number of H-pyrrole nitrogens is 2. The summed E-state index contributed by atoms with van der Waals surface area (Å²) in [4.78, 5) is 26.2. The normalized spacial score (nSPS) is 11.5. The molecule has 0 saturated heterocycles. The molecule has 0 unspecified atom stereocenters. The van der Waals surface area contributed by atoms with Crippen LogP contribution in [0.5, 0.6) is 0 Å². The number of aromatic amines is 2. The number of benzene rings is 1. The number of nitrogens with one attached hydrogen (secondary N) is 3. The molecule has 0 spiro atoms. The Balaban J connectivity index is 1.42. The van der Waals surface area contributed by atoms with Crippen LogP contribution in [0, 0.1) is 0 Å². The Labute approximate surface area is 211 Å². The highest BCUT2D eigenvalue weighted by Crippen LogP contribution is 2.37. The molecule has 178 valence electrons. The Morgan fingerprint density at radius 1 is 1.03 bits per heavy atom. The zero-order valence-corrected chi connectivity index (χ0v) is 20.7. The first-order valence-corrected chi connectivity index (χ1v) is 12.6. The molecule has 0 aliphatic heterocycles. The molecule has 8 heteroatoms. The summed E-state index contributed by atoms with van der Waals surface area (Å²) in [6.07, 6.45) is 5.54. The topological polar surface area (TPSA) is 99.4 Å². The average Bonchev–Trinajstić information content (AvgIpc) is 3.64. The Bertz CT molecular complexity index is 1730. The number of Topliss-reactive ketones (excluding diaryl/α,β-unsaturated/α-hetero) is 1. The van der Waals surface area contributed by atoms with E-state index in [9.17, 15) is 4.79 Å². The maximum absolute atomic E-state index is 11.8. The van der Waals surface area contributed by atoms with E-state index in [2.05, 4.69) is 67.7 Å². The lowest BCUT2D eigenvalue weighted by Gasteiger charge is -2.05. The molecule has 0 fully saturated rings. The third-order valence-corrected chi connectivity index (χ3v) is 7.47. The first-order valence-electron chi connectivity index (χ1n) is 11.8. The van der Waals surface area contributed by atoms with Gasteiger partial charge in [0, 0.05) is 51.2 Å². The number of hydrogen-bond acceptors (Lipinski definition) is 6. The summed E-state index contributed by atoms with van der Waals surface area (Å²) in [5, 5.41) is 13.2. The number of fused-ring (bicyclic) bond motifs is 2. The summed E-state index contributed by atoms with van der Waals surface area (Å²) in [5.74, 6) is 0.0861. The third-order valence-electron chi connectivity index (χ3n) is 6.25. The van der Waals surface area contributed by atoms with Gasteiger partial charge in [0.15, 0.2) is 5.78 Å². The second kappa shape index (κ2) is 9.14. The fourth-order valence-electron chi connectivity index (χ4n) is 4.44. The molecule has 3 N–H and O–H groups in total. The lowest BCUT2D eigenvalue weighted by Crippen LogP contribution is -2.11. The number of ketones is 1. The van der Waals surface area contributed by atoms with Crippen LogP contribution in [-0.2, 0) is 6.54 Å². The van der Waals surface area contributed by atoms with Crippen LogP contribution in [0.3, 0.4) is 0 Å². The van der Waals surface area contributed by atoms with Gasteiger partial charge in [-0.25, -0.2) is 0 Å². The van der Waals surface area contributed by atoms with Crippen LogP contribution in [0.1, 0.15) is 29.1 Å². The van der Waals surface area contributed by atoms with Crippen molar-refractivity contribution in [1.29, 1.82) is 0 Å². The van der Waals surface area contributed by atoms with Gasteiger partial charge in [-0.2, -0.15) is 5.10 Å². The number of pyridine rings is 2. The molecule has 5 aromatic heterocycles. The zero-order chi connectivity index (χ0) is 24.6. The number of hydrogen-bond donors (Lipinski definition) is 3. The molecule has 0 bridgehead atoms. The molecular formula is C28H24N6OS. The predicted molar refractivity (Wildman–Crippen MR) is 145 cm³/mol. The Kier molecular flexibility index (Phi) is 5.67. The maximum atomic E-state index is 11.8. The smallest absolute Gasteiger partial charge is 0.169 e. The quantitative estimate of drug-likeness (QED) is 0.230. The molecule has 6 aromatic rings. The first-order chi connectivity index (χ1) is 17.6. The summed E-state index contributed by atoms with van der Waals surface area (Å²) in [5.41, 5.74) is 7.68. The molecule has 0 amide bonds. The largest absolute Gasteiger partial charge is 0.353 e. The van der Waals surface area contributed by atoms with E-state index in [4.69, 9.17) is 0 Å². The standard InChI is InChI=1S/C28H24N6OS/c1-3-29-12-17-9-18(14-30-13-17)23-11-21-25(15-31-23)33-34-28(21)24-10-20-19(5-4-6-22(20)32-24)27-8-7-26(36-27)16(2)35/h4-11,13-15,29,32H,3,12H2,1-2H3,(H,33,34). The van der Waals surface area contributed by atoms with Crippen molar-refractivity contribution in [2.24, 2.45) is 0 Å². The molecule has 0 saturated carbocycles. The van der Waals surface area contributed by atoms with E-state index in [1.54, 1.807) is 6.92 Å². The number of aromatic nitrogens is 5. The highest BCUT2D eigenvalue weighted by molar-refractivity contribution is 7.17. The molecule has 5 heterocycles. The van der Waals surface area contributed by atoms with Crippen molar-refractivity contribution in [3.05, 3.63) is 77.6 Å². The lowest BCUT2D eigenvalue weighted by molar-refractivity contribution is 0.102. The zero-order valence-electron chi connectivity index (χ0n) is 19.9. The van der Waals surface area contributed by atoms with Crippen molar-refractivity contribution in [1.82, 2.24) is 30.5 Å². The van der Waals surface area contributed by atoms with E-state index in [1.807, 2.05) is 36.8 Å². The fourth-order valence-corrected chi connectivity index (χ4v) is 5.38. The first kappa shape index (κ1) is 22.3. The third kappa shape index (κ3) is 4.00. The van der Waals surface area contributed by atoms with E-state index in [0.29, 0.717) is 0 Å². The SMILES string of the molecule is CCNCc1cncc(-c2cc3c(-c4cc5c(-c6ccc(C(C)=O)s6)cccc5[nH]4)n[nH]c3cn2)c1. The van der Waals surface area contributed by atoms with E-state index in [-0.39, 0.29) is 5.78 Å². The van der Waals surface area contributed by atoms with Gasteiger partial charge in [-0.1, -0.05) is 19.1 Å². The molecule has 0 aliphatic rings. The van der Waals surface area contributed by atoms with Gasteiger partial charge < -0.3 is 10.3 Å². The molecule has 6 rings (SSSR count). The summed E-state index contributed by atoms with van der Waals surface area (Å²) in [6, 6.07) is 16.4. The molecule has 0 radical (unpaired) electrons. The molecule has 1 aromatic carbocycles. The molecule has 36 heavy (non-hydrogen) atoms. The van der Waals surface area contributed by atoms with E-state index in [0.717, 1.165) is 78.4 Å². The summed E-state index contributed by atoms with van der Waals surface area (Å²) < 4.78 is 0. The van der Waals surface area contributed by atoms with Crippen molar-refractivity contribution in [3.8, 4) is 33.1 Å². The number of thiophene rings is 1. The van der Waals surface area contributed by atoms with Crippen LogP contribution >= 0.6 is 11.3 Å². The summed E-state index contributed by atoms with van der Waals surface area (Å²) >= 11 is 1.52. The van der Waals surface area contributed by atoms with Crippen molar-refractivity contribution in [3.63, 3.8) is 0 Å². The Hall–Kier alpha value is -4.14. The maximum Gasteiger partial charge on any atom is 0.169 e. The van der Waals surface area contributed by atoms with Gasteiger partial charge in [0.25, 0.3) is 0 Å². The van der Waals surface area contributed by atoms with E-state index < -0.39 is 0 Å². The summed E-state index contributed by atoms with van der Waals surface area (Å²) in [6.45, 7) is 5.37. The molecule has 0 aliphatic carbocycles. The van der Waals surface area contributed by atoms with Crippen LogP contribution in [0.2, 0.25) is 0 Å². The second-order valence-electron chi connectivity index (χ2n) is 8.72. The van der Waals surface area contributed by atoms with Gasteiger partial charge in [0.2, 0.25) is 0 Å². The van der Waals surface area contributed by atoms with Gasteiger partial charge in [0.05, 0.1) is 28.0 Å². The lowest BCUT2D eigenvalue weighted by atomic mass is 10.1. The minimum Gasteiger partial charge on any atom is -0.353 e. The van der Waals surface area contributed by atoms with E-state index in [1.165, 1.54) is 11.3 Å². The van der Waals surface area contributed by atoms with E-state index >= 15 is 0 Å². The minimum absolute atomic E-state index is 0.0861. The molecular weight excluding hydrogens is 468 g/mol. The number of rotatable bonds is 7. The van der Waals surface area contributed by atoms with Crippen molar-refractivity contribution in [2.75, 3.05) is 6.54 Å². The second-order valence-corrected chi connectivity index (χ2v) is 9.80. The van der Waals surface area contributed by atoms with Crippen LogP contribution < -0.4 is 5.32 Å². The number of carbonyl (C=O) groups is 1. The van der Waals surface area contributed by atoms with Gasteiger partial charge in [-0.05, 0) is 55.4 Å². The minimum atomic E-state index is 0.0861. The van der Waals surface area contributed by atoms with Gasteiger partial charge in [-0.15, -0.1) is 11.3 Å². The highest BCUT2D eigenvalue weighted by atomic mass is 32.1. The average molecular weight is 493 g/mol. The van der Waals surface area contributed by atoms with Crippen molar-refractivity contribution in [2.45, 2.75) is 20.4 Å². The van der Waals surface area contributed by atoms with Crippen LogP contribution in [0.25, 0.3) is 54.9 Å². The predicted octanol–water partition coefficient (Wildman–Crippen LogP) is 6.21. The van der Waals surface area contributed by atoms with Gasteiger partial charge >= 0.3 is 0 Å². The molecule has 0 atom stereocenters. The van der Waals surface area contributed by atoms with Gasteiger partial charge in [-0.3, -0.25) is 19.9 Å². The van der Waals surface area contributed by atoms with Crippen LogP contribution in [-0.4, -0.2) is 37.5 Å². The number of carbonyl (C=O) groups excluding carboxylic acids is 1. The molecule has 7 nitrogen and oxygen atoms in total. The Morgan fingerprint density at radius 3 is 2.78 bits per heavy atom. The Morgan fingerprint density at radius 2 is 1.94 bits per heavy atom.